The predicted octanol–water partition coefficient (Wildman–Crippen LogP) is 1.98. The lowest BCUT2D eigenvalue weighted by Crippen LogP contribution is -2.00. The van der Waals surface area contributed by atoms with Gasteiger partial charge < -0.3 is 10.7 Å². The molecule has 0 aliphatic heterocycles. The summed E-state index contributed by atoms with van der Waals surface area (Å²) in [6.07, 6.45) is 3.52. The second-order valence-corrected chi connectivity index (χ2v) is 3.38. The van der Waals surface area contributed by atoms with Crippen molar-refractivity contribution in [2.24, 2.45) is 5.73 Å². The van der Waals surface area contributed by atoms with Gasteiger partial charge in [0.05, 0.1) is 5.02 Å². The molecule has 0 radical (unpaired) electrons. The standard InChI is InChI=1S/C9H10ClN3/c1-5-6(2-11)3-12-9-8(5)7(10)4-13-9/h3-4H,2,11H2,1H3,(H,12,13). The molecule has 3 N–H and O–H groups in total. The predicted molar refractivity (Wildman–Crippen MR) is 53.7 cm³/mol. The van der Waals surface area contributed by atoms with Crippen LogP contribution < -0.4 is 5.73 Å². The highest BCUT2D eigenvalue weighted by molar-refractivity contribution is 6.35. The fraction of sp³-hybridized carbons (Fsp3) is 0.222. The van der Waals surface area contributed by atoms with Crippen molar-refractivity contribution in [3.05, 3.63) is 28.5 Å². The third-order valence-corrected chi connectivity index (χ3v) is 2.54. The van der Waals surface area contributed by atoms with Crippen LogP contribution in [0.15, 0.2) is 12.4 Å². The van der Waals surface area contributed by atoms with Gasteiger partial charge in [0, 0.05) is 24.3 Å². The minimum Gasteiger partial charge on any atom is -0.345 e. The van der Waals surface area contributed by atoms with E-state index in [0.29, 0.717) is 11.6 Å². The number of hydrogen-bond donors (Lipinski definition) is 2. The van der Waals surface area contributed by atoms with Crippen molar-refractivity contribution in [3.63, 3.8) is 0 Å². The number of nitrogens with two attached hydrogens (primary N) is 1. The largest absolute Gasteiger partial charge is 0.345 e. The third-order valence-electron chi connectivity index (χ3n) is 2.24. The zero-order chi connectivity index (χ0) is 9.42. The summed E-state index contributed by atoms with van der Waals surface area (Å²) in [6.45, 7) is 2.50. The Labute approximate surface area is 80.9 Å². The first-order chi connectivity index (χ1) is 6.24. The Hall–Kier alpha value is -1.06. The van der Waals surface area contributed by atoms with Crippen LogP contribution in [0.3, 0.4) is 0 Å². The number of hydrogen-bond acceptors (Lipinski definition) is 2. The summed E-state index contributed by atoms with van der Waals surface area (Å²) in [5.41, 5.74) is 8.53. The molecule has 4 heteroatoms. The first kappa shape index (κ1) is 8.53. The Bertz CT molecular complexity index is 447. The van der Waals surface area contributed by atoms with E-state index in [2.05, 4.69) is 9.97 Å². The molecule has 13 heavy (non-hydrogen) atoms. The van der Waals surface area contributed by atoms with Gasteiger partial charge in [-0.15, -0.1) is 0 Å². The van der Waals surface area contributed by atoms with Crippen LogP contribution in [0.5, 0.6) is 0 Å². The van der Waals surface area contributed by atoms with E-state index in [1.54, 1.807) is 12.4 Å². The molecule has 0 aliphatic rings. The van der Waals surface area contributed by atoms with Gasteiger partial charge in [-0.2, -0.15) is 0 Å². The van der Waals surface area contributed by atoms with Crippen LogP contribution in [0, 0.1) is 6.92 Å². The molecule has 3 nitrogen and oxygen atoms in total. The lowest BCUT2D eigenvalue weighted by atomic mass is 10.1. The van der Waals surface area contributed by atoms with Gasteiger partial charge in [-0.1, -0.05) is 11.6 Å². The molecule has 0 saturated carbocycles. The first-order valence-corrected chi connectivity index (χ1v) is 4.43. The number of rotatable bonds is 1. The van der Waals surface area contributed by atoms with Gasteiger partial charge in [0.15, 0.2) is 0 Å². The Balaban J connectivity index is 2.83. The van der Waals surface area contributed by atoms with Crippen LogP contribution in [0.1, 0.15) is 11.1 Å². The number of aromatic amines is 1. The van der Waals surface area contributed by atoms with E-state index >= 15 is 0 Å². The average molecular weight is 196 g/mol. The fourth-order valence-electron chi connectivity index (χ4n) is 1.45. The molecule has 2 aromatic rings. The zero-order valence-corrected chi connectivity index (χ0v) is 8.02. The van der Waals surface area contributed by atoms with Crippen molar-refractivity contribution < 1.29 is 0 Å². The molecule has 0 aromatic carbocycles. The van der Waals surface area contributed by atoms with E-state index in [-0.39, 0.29) is 0 Å². The quantitative estimate of drug-likeness (QED) is 0.731. The molecular weight excluding hydrogens is 186 g/mol. The van der Waals surface area contributed by atoms with E-state index < -0.39 is 0 Å². The minimum absolute atomic E-state index is 0.496. The van der Waals surface area contributed by atoms with Crippen molar-refractivity contribution in [1.82, 2.24) is 9.97 Å². The van der Waals surface area contributed by atoms with Crippen LogP contribution in [0.25, 0.3) is 11.0 Å². The number of nitrogens with zero attached hydrogens (tertiary/aromatic N) is 1. The van der Waals surface area contributed by atoms with Crippen molar-refractivity contribution >= 4 is 22.6 Å². The average Bonchev–Trinajstić information content (AvgIpc) is 2.49. The maximum atomic E-state index is 5.99. The summed E-state index contributed by atoms with van der Waals surface area (Å²) in [5.74, 6) is 0. The summed E-state index contributed by atoms with van der Waals surface area (Å²) < 4.78 is 0. The summed E-state index contributed by atoms with van der Waals surface area (Å²) in [5, 5.41) is 1.68. The molecule has 0 fully saturated rings. The number of H-pyrrole nitrogens is 1. The second-order valence-electron chi connectivity index (χ2n) is 2.97. The lowest BCUT2D eigenvalue weighted by Gasteiger charge is -2.02. The minimum atomic E-state index is 0.496. The molecule has 0 unspecified atom stereocenters. The lowest BCUT2D eigenvalue weighted by molar-refractivity contribution is 1.04. The molecular formula is C9H10ClN3. The van der Waals surface area contributed by atoms with E-state index in [1.807, 2.05) is 6.92 Å². The van der Waals surface area contributed by atoms with Crippen molar-refractivity contribution in [1.29, 1.82) is 0 Å². The maximum Gasteiger partial charge on any atom is 0.139 e. The van der Waals surface area contributed by atoms with E-state index in [1.165, 1.54) is 0 Å². The topological polar surface area (TPSA) is 54.7 Å². The monoisotopic (exact) mass is 195 g/mol. The summed E-state index contributed by atoms with van der Waals surface area (Å²) in [6, 6.07) is 0. The van der Waals surface area contributed by atoms with Gasteiger partial charge in [-0.25, -0.2) is 4.98 Å². The van der Waals surface area contributed by atoms with Crippen LogP contribution in [0.4, 0.5) is 0 Å². The van der Waals surface area contributed by atoms with E-state index in [9.17, 15) is 0 Å². The third kappa shape index (κ3) is 1.20. The van der Waals surface area contributed by atoms with Crippen molar-refractivity contribution in [2.75, 3.05) is 0 Å². The van der Waals surface area contributed by atoms with Gasteiger partial charge >= 0.3 is 0 Å². The smallest absolute Gasteiger partial charge is 0.139 e. The highest BCUT2D eigenvalue weighted by atomic mass is 35.5. The Kier molecular flexibility index (Phi) is 1.98. The van der Waals surface area contributed by atoms with Gasteiger partial charge in [-0.3, -0.25) is 0 Å². The number of nitrogens with one attached hydrogen (secondary N) is 1. The SMILES string of the molecule is Cc1c(CN)cnc2[nH]cc(Cl)c12. The molecule has 2 aromatic heterocycles. The fourth-order valence-corrected chi connectivity index (χ4v) is 1.74. The number of halogens is 1. The van der Waals surface area contributed by atoms with Crippen LogP contribution in [-0.2, 0) is 6.54 Å². The van der Waals surface area contributed by atoms with Crippen LogP contribution in [0.2, 0.25) is 5.02 Å². The maximum absolute atomic E-state index is 5.99. The number of aryl methyl sites for hydroxylation is 1. The van der Waals surface area contributed by atoms with Crippen LogP contribution >= 0.6 is 11.6 Å². The molecule has 0 amide bonds. The molecule has 0 atom stereocenters. The second kappa shape index (κ2) is 3.01. The molecule has 0 saturated heterocycles. The molecule has 0 aliphatic carbocycles. The van der Waals surface area contributed by atoms with Crippen molar-refractivity contribution in [3.8, 4) is 0 Å². The van der Waals surface area contributed by atoms with E-state index in [4.69, 9.17) is 17.3 Å². The first-order valence-electron chi connectivity index (χ1n) is 4.05. The molecule has 0 spiro atoms. The van der Waals surface area contributed by atoms with Gasteiger partial charge in [0.2, 0.25) is 0 Å². The van der Waals surface area contributed by atoms with Gasteiger partial charge in [0.1, 0.15) is 5.65 Å². The van der Waals surface area contributed by atoms with Gasteiger partial charge in [0.25, 0.3) is 0 Å². The summed E-state index contributed by atoms with van der Waals surface area (Å²) >= 11 is 5.99. The molecule has 68 valence electrons. The van der Waals surface area contributed by atoms with Crippen LogP contribution in [-0.4, -0.2) is 9.97 Å². The van der Waals surface area contributed by atoms with Crippen molar-refractivity contribution in [2.45, 2.75) is 13.5 Å². The Morgan fingerprint density at radius 3 is 3.08 bits per heavy atom. The number of aromatic nitrogens is 2. The van der Waals surface area contributed by atoms with E-state index in [0.717, 1.165) is 22.2 Å². The Morgan fingerprint density at radius 1 is 1.62 bits per heavy atom. The number of fused-ring (bicyclic) bond motifs is 1. The number of pyridine rings is 1. The highest BCUT2D eigenvalue weighted by Gasteiger charge is 2.08. The molecule has 2 heterocycles. The Morgan fingerprint density at radius 2 is 2.38 bits per heavy atom. The summed E-state index contributed by atoms with van der Waals surface area (Å²) in [4.78, 5) is 7.21. The normalized spacial score (nSPS) is 11.0. The zero-order valence-electron chi connectivity index (χ0n) is 7.26. The highest BCUT2D eigenvalue weighted by Crippen LogP contribution is 2.26. The molecule has 0 bridgehead atoms. The molecule has 2 rings (SSSR count). The van der Waals surface area contributed by atoms with Gasteiger partial charge in [-0.05, 0) is 18.1 Å². The summed E-state index contributed by atoms with van der Waals surface area (Å²) in [7, 11) is 0.